The van der Waals surface area contributed by atoms with Crippen LogP contribution in [0.4, 0.5) is 0 Å². The predicted octanol–water partition coefficient (Wildman–Crippen LogP) is 5.70. The highest BCUT2D eigenvalue weighted by molar-refractivity contribution is 6.32. The van der Waals surface area contributed by atoms with E-state index < -0.39 is 0 Å². The van der Waals surface area contributed by atoms with Crippen LogP contribution in [0.25, 0.3) is 0 Å². The van der Waals surface area contributed by atoms with Crippen molar-refractivity contribution in [2.45, 2.75) is 58.8 Å². The number of halogens is 2. The molecule has 1 aliphatic rings. The van der Waals surface area contributed by atoms with Crippen LogP contribution in [-0.4, -0.2) is 36.9 Å². The van der Waals surface area contributed by atoms with Crippen LogP contribution in [0, 0.1) is 6.92 Å². The number of benzene rings is 1. The normalized spacial score (nSPS) is 14.8. The molecule has 1 aliphatic heterocycles. The van der Waals surface area contributed by atoms with Gasteiger partial charge in [-0.25, -0.2) is 0 Å². The number of hydrogen-bond acceptors (Lipinski definition) is 3. The quantitative estimate of drug-likeness (QED) is 0.402. The number of unbranched alkanes of at least 4 members (excludes halogenated alkanes) is 2. The maximum absolute atomic E-state index is 12.5. The molecule has 0 radical (unpaired) electrons. The van der Waals surface area contributed by atoms with E-state index in [1.807, 2.05) is 13.0 Å². The van der Waals surface area contributed by atoms with Crippen LogP contribution in [0.1, 0.15) is 67.8 Å². The molecule has 0 bridgehead atoms. The summed E-state index contributed by atoms with van der Waals surface area (Å²) in [6, 6.07) is 3.68. The molecule has 0 amide bonds. The van der Waals surface area contributed by atoms with Crippen LogP contribution < -0.4 is 4.74 Å². The fraction of sp³-hybridized carbons (Fsp3) is 0.650. The molecule has 1 saturated heterocycles. The van der Waals surface area contributed by atoms with Crippen LogP contribution in [0.15, 0.2) is 12.1 Å². The van der Waals surface area contributed by atoms with E-state index in [4.69, 9.17) is 16.3 Å². The van der Waals surface area contributed by atoms with Crippen molar-refractivity contribution in [3.05, 3.63) is 28.3 Å². The van der Waals surface area contributed by atoms with Gasteiger partial charge in [-0.1, -0.05) is 37.8 Å². The molecule has 2 rings (SSSR count). The minimum Gasteiger partial charge on any atom is -0.492 e. The third kappa shape index (κ3) is 7.16. The highest BCUT2D eigenvalue weighted by atomic mass is 35.5. The van der Waals surface area contributed by atoms with Crippen molar-refractivity contribution in [3.8, 4) is 5.75 Å². The summed E-state index contributed by atoms with van der Waals surface area (Å²) in [5.41, 5.74) is 1.65. The zero-order valence-corrected chi connectivity index (χ0v) is 17.1. The van der Waals surface area contributed by atoms with Crippen LogP contribution in [0.3, 0.4) is 0 Å². The highest BCUT2D eigenvalue weighted by Gasteiger charge is 2.15. The number of carbonyl (C=O) groups is 1. The molecule has 0 saturated carbocycles. The number of ether oxygens (including phenoxy) is 1. The van der Waals surface area contributed by atoms with Gasteiger partial charge in [-0.15, -0.1) is 12.4 Å². The predicted molar refractivity (Wildman–Crippen MR) is 108 cm³/mol. The summed E-state index contributed by atoms with van der Waals surface area (Å²) in [6.07, 6.45) is 7.74. The molecule has 1 heterocycles. The molecule has 1 fully saturated rings. The lowest BCUT2D eigenvalue weighted by Crippen LogP contribution is -2.31. The monoisotopic (exact) mass is 387 g/mol. The summed E-state index contributed by atoms with van der Waals surface area (Å²) in [6.45, 7) is 7.90. The number of nitrogens with zero attached hydrogens (tertiary/aromatic N) is 1. The Hall–Kier alpha value is -0.770. The molecule has 0 aliphatic carbocycles. The number of aryl methyl sites for hydroxylation is 1. The van der Waals surface area contributed by atoms with Gasteiger partial charge in [0.1, 0.15) is 5.75 Å². The first-order valence-electron chi connectivity index (χ1n) is 9.30. The van der Waals surface area contributed by atoms with Gasteiger partial charge in [0.15, 0.2) is 5.78 Å². The largest absolute Gasteiger partial charge is 0.492 e. The second-order valence-corrected chi connectivity index (χ2v) is 7.14. The van der Waals surface area contributed by atoms with Crippen molar-refractivity contribution in [3.63, 3.8) is 0 Å². The average Bonchev–Trinajstić information content (AvgIpc) is 2.59. The van der Waals surface area contributed by atoms with Crippen molar-refractivity contribution in [1.29, 1.82) is 0 Å². The van der Waals surface area contributed by atoms with Crippen molar-refractivity contribution < 1.29 is 9.53 Å². The lowest BCUT2D eigenvalue weighted by molar-refractivity contribution is 0.0958. The molecule has 0 atom stereocenters. The fourth-order valence-electron chi connectivity index (χ4n) is 3.19. The minimum absolute atomic E-state index is 0. The molecule has 142 valence electrons. The van der Waals surface area contributed by atoms with E-state index in [1.165, 1.54) is 25.7 Å². The van der Waals surface area contributed by atoms with Crippen LogP contribution >= 0.6 is 24.0 Å². The molecule has 25 heavy (non-hydrogen) atoms. The van der Waals surface area contributed by atoms with E-state index in [0.29, 0.717) is 23.6 Å². The average molecular weight is 388 g/mol. The first kappa shape index (κ1) is 22.3. The van der Waals surface area contributed by atoms with Crippen LogP contribution in [-0.2, 0) is 0 Å². The molecule has 1 aromatic carbocycles. The standard InChI is InChI=1S/C20H30ClNO2.ClH/c1-3-4-8-13-24-20-16(2)14-17(15-18(20)21)19(23)9-12-22-10-6-5-7-11-22;/h14-15H,3-13H2,1-2H3;1H. The lowest BCUT2D eigenvalue weighted by Gasteiger charge is -2.26. The van der Waals surface area contributed by atoms with Crippen molar-refractivity contribution in [2.75, 3.05) is 26.2 Å². The van der Waals surface area contributed by atoms with E-state index >= 15 is 0 Å². The summed E-state index contributed by atoms with van der Waals surface area (Å²) in [5.74, 6) is 0.892. The number of piperidine rings is 1. The Morgan fingerprint density at radius 2 is 1.92 bits per heavy atom. The summed E-state index contributed by atoms with van der Waals surface area (Å²) in [4.78, 5) is 14.9. The molecule has 5 heteroatoms. The van der Waals surface area contributed by atoms with Gasteiger partial charge >= 0.3 is 0 Å². The van der Waals surface area contributed by atoms with Gasteiger partial charge in [0.2, 0.25) is 0 Å². The van der Waals surface area contributed by atoms with Gasteiger partial charge in [-0.05, 0) is 57.0 Å². The van der Waals surface area contributed by atoms with E-state index in [-0.39, 0.29) is 18.2 Å². The number of rotatable bonds is 9. The Balaban J connectivity index is 0.00000312. The summed E-state index contributed by atoms with van der Waals surface area (Å²) in [5, 5.41) is 0.549. The molecule has 0 N–H and O–H groups in total. The molecular weight excluding hydrogens is 357 g/mol. The van der Waals surface area contributed by atoms with Gasteiger partial charge in [0.25, 0.3) is 0 Å². The van der Waals surface area contributed by atoms with Gasteiger partial charge < -0.3 is 9.64 Å². The lowest BCUT2D eigenvalue weighted by atomic mass is 10.0. The van der Waals surface area contributed by atoms with E-state index in [9.17, 15) is 4.79 Å². The molecule has 0 aromatic heterocycles. The molecule has 3 nitrogen and oxygen atoms in total. The van der Waals surface area contributed by atoms with Crippen LogP contribution in [0.2, 0.25) is 5.02 Å². The van der Waals surface area contributed by atoms with E-state index in [0.717, 1.165) is 43.8 Å². The highest BCUT2D eigenvalue weighted by Crippen LogP contribution is 2.30. The number of ketones is 1. The van der Waals surface area contributed by atoms with Gasteiger partial charge in [0, 0.05) is 18.5 Å². The van der Waals surface area contributed by atoms with Crippen molar-refractivity contribution >= 4 is 29.8 Å². The number of likely N-dealkylation sites (tertiary alicyclic amines) is 1. The topological polar surface area (TPSA) is 29.5 Å². The first-order valence-corrected chi connectivity index (χ1v) is 9.68. The molecule has 1 aromatic rings. The Morgan fingerprint density at radius 1 is 1.20 bits per heavy atom. The maximum atomic E-state index is 12.5. The summed E-state index contributed by atoms with van der Waals surface area (Å²) in [7, 11) is 0. The van der Waals surface area contributed by atoms with Crippen LogP contribution in [0.5, 0.6) is 5.75 Å². The van der Waals surface area contributed by atoms with Crippen molar-refractivity contribution in [2.24, 2.45) is 0 Å². The van der Waals surface area contributed by atoms with Gasteiger partial charge in [-0.2, -0.15) is 0 Å². The second-order valence-electron chi connectivity index (χ2n) is 6.74. The summed E-state index contributed by atoms with van der Waals surface area (Å²) >= 11 is 6.35. The molecule has 0 unspecified atom stereocenters. The Labute approximate surface area is 163 Å². The number of Topliss-reactive ketones (excluding diaryl/α,β-unsaturated/α-hetero) is 1. The zero-order chi connectivity index (χ0) is 17.4. The van der Waals surface area contributed by atoms with Gasteiger partial charge in [-0.3, -0.25) is 4.79 Å². The van der Waals surface area contributed by atoms with Crippen molar-refractivity contribution in [1.82, 2.24) is 4.90 Å². The first-order chi connectivity index (χ1) is 11.6. The van der Waals surface area contributed by atoms with Gasteiger partial charge in [0.05, 0.1) is 11.6 Å². The van der Waals surface area contributed by atoms with E-state index in [1.54, 1.807) is 6.07 Å². The Kier molecular flexibility index (Phi) is 10.5. The molecular formula is C20H31Cl2NO2. The molecule has 0 spiro atoms. The summed E-state index contributed by atoms with van der Waals surface area (Å²) < 4.78 is 5.81. The maximum Gasteiger partial charge on any atom is 0.164 e. The fourth-order valence-corrected chi connectivity index (χ4v) is 3.51. The number of hydrogen-bond donors (Lipinski definition) is 0. The SMILES string of the molecule is CCCCCOc1c(C)cc(C(=O)CCN2CCCCC2)cc1Cl.Cl. The third-order valence-electron chi connectivity index (χ3n) is 4.65. The zero-order valence-electron chi connectivity index (χ0n) is 15.5. The smallest absolute Gasteiger partial charge is 0.164 e. The number of carbonyl (C=O) groups excluding carboxylic acids is 1. The minimum atomic E-state index is 0. The Bertz CT molecular complexity index is 519. The second kappa shape index (κ2) is 11.8. The third-order valence-corrected chi connectivity index (χ3v) is 4.93. The van der Waals surface area contributed by atoms with E-state index in [2.05, 4.69) is 11.8 Å². The Morgan fingerprint density at radius 3 is 2.56 bits per heavy atom.